The van der Waals surface area contributed by atoms with E-state index in [1.165, 1.54) is 6.20 Å². The number of carbonyl (C=O) groups excluding carboxylic acids is 2. The SMILES string of the molecule is COCCN1C(=O)CCC12CCN(C(=O)c1cnoc1C)CC2. The predicted molar refractivity (Wildman–Crippen MR) is 81.9 cm³/mol. The summed E-state index contributed by atoms with van der Waals surface area (Å²) in [4.78, 5) is 28.5. The standard InChI is InChI=1S/C16H23N3O4/c1-12-13(11-17-23-12)15(21)18-7-5-16(6-8-18)4-3-14(20)19(16)9-10-22-2/h11H,3-10H2,1-2H3. The maximum atomic E-state index is 12.5. The van der Waals surface area contributed by atoms with E-state index in [0.717, 1.165) is 19.3 Å². The van der Waals surface area contributed by atoms with E-state index in [1.54, 1.807) is 14.0 Å². The Labute approximate surface area is 135 Å². The molecule has 0 aliphatic carbocycles. The molecule has 126 valence electrons. The van der Waals surface area contributed by atoms with Crippen LogP contribution in [0.2, 0.25) is 0 Å². The van der Waals surface area contributed by atoms with Crippen LogP contribution in [0.5, 0.6) is 0 Å². The molecule has 0 bridgehead atoms. The van der Waals surface area contributed by atoms with Crippen LogP contribution in [0, 0.1) is 6.92 Å². The van der Waals surface area contributed by atoms with Crippen molar-refractivity contribution >= 4 is 11.8 Å². The minimum atomic E-state index is -0.101. The lowest BCUT2D eigenvalue weighted by molar-refractivity contribution is -0.133. The first-order valence-electron chi connectivity index (χ1n) is 8.07. The lowest BCUT2D eigenvalue weighted by atomic mass is 9.84. The highest BCUT2D eigenvalue weighted by molar-refractivity contribution is 5.94. The highest BCUT2D eigenvalue weighted by atomic mass is 16.5. The Morgan fingerprint density at radius 1 is 1.39 bits per heavy atom. The molecule has 1 aromatic rings. The molecule has 3 heterocycles. The number of methoxy groups -OCH3 is 1. The highest BCUT2D eigenvalue weighted by Gasteiger charge is 2.47. The molecule has 3 rings (SSSR count). The van der Waals surface area contributed by atoms with Gasteiger partial charge >= 0.3 is 0 Å². The molecule has 23 heavy (non-hydrogen) atoms. The summed E-state index contributed by atoms with van der Waals surface area (Å²) in [5, 5.41) is 3.68. The quantitative estimate of drug-likeness (QED) is 0.833. The third-order valence-electron chi connectivity index (χ3n) is 5.16. The number of piperidine rings is 1. The first-order chi connectivity index (χ1) is 11.1. The number of hydrogen-bond acceptors (Lipinski definition) is 5. The van der Waals surface area contributed by atoms with Gasteiger partial charge in [-0.1, -0.05) is 5.16 Å². The van der Waals surface area contributed by atoms with Gasteiger partial charge in [-0.25, -0.2) is 0 Å². The van der Waals surface area contributed by atoms with E-state index in [9.17, 15) is 9.59 Å². The molecule has 2 fully saturated rings. The molecule has 0 radical (unpaired) electrons. The van der Waals surface area contributed by atoms with Gasteiger partial charge in [-0.2, -0.15) is 0 Å². The average Bonchev–Trinajstić information content (AvgIpc) is 3.11. The van der Waals surface area contributed by atoms with Crippen LogP contribution in [0.25, 0.3) is 0 Å². The lowest BCUT2D eigenvalue weighted by Gasteiger charge is -2.45. The summed E-state index contributed by atoms with van der Waals surface area (Å²) >= 11 is 0. The molecular formula is C16H23N3O4. The van der Waals surface area contributed by atoms with Gasteiger partial charge in [-0.05, 0) is 26.2 Å². The first-order valence-corrected chi connectivity index (χ1v) is 8.07. The Hall–Kier alpha value is -1.89. The molecule has 2 amide bonds. The summed E-state index contributed by atoms with van der Waals surface area (Å²) in [7, 11) is 1.65. The highest BCUT2D eigenvalue weighted by Crippen LogP contribution is 2.39. The van der Waals surface area contributed by atoms with Crippen molar-refractivity contribution in [2.24, 2.45) is 0 Å². The molecule has 0 saturated carbocycles. The van der Waals surface area contributed by atoms with Crippen molar-refractivity contribution in [3.05, 3.63) is 17.5 Å². The van der Waals surface area contributed by atoms with Gasteiger partial charge in [0.1, 0.15) is 11.3 Å². The second-order valence-electron chi connectivity index (χ2n) is 6.35. The summed E-state index contributed by atoms with van der Waals surface area (Å²) in [6, 6.07) is 0. The van der Waals surface area contributed by atoms with E-state index in [0.29, 0.717) is 44.0 Å². The van der Waals surface area contributed by atoms with Gasteiger partial charge in [0.2, 0.25) is 5.91 Å². The summed E-state index contributed by atoms with van der Waals surface area (Å²) in [6.45, 7) is 4.23. The molecule has 0 unspecified atom stereocenters. The Morgan fingerprint density at radius 2 is 2.13 bits per heavy atom. The fourth-order valence-electron chi connectivity index (χ4n) is 3.74. The molecule has 1 aromatic heterocycles. The van der Waals surface area contributed by atoms with Crippen molar-refractivity contribution in [2.45, 2.75) is 38.1 Å². The fourth-order valence-corrected chi connectivity index (χ4v) is 3.74. The summed E-state index contributed by atoms with van der Waals surface area (Å²) in [5.74, 6) is 0.719. The maximum absolute atomic E-state index is 12.5. The summed E-state index contributed by atoms with van der Waals surface area (Å²) in [5.41, 5.74) is 0.426. The number of amides is 2. The molecular weight excluding hydrogens is 298 g/mol. The zero-order valence-corrected chi connectivity index (χ0v) is 13.7. The molecule has 0 N–H and O–H groups in total. The Kier molecular flexibility index (Phi) is 4.39. The lowest BCUT2D eigenvalue weighted by Crippen LogP contribution is -2.54. The summed E-state index contributed by atoms with van der Waals surface area (Å²) < 4.78 is 10.1. The van der Waals surface area contributed by atoms with Gasteiger partial charge in [-0.15, -0.1) is 0 Å². The van der Waals surface area contributed by atoms with Gasteiger partial charge in [0, 0.05) is 38.7 Å². The van der Waals surface area contributed by atoms with E-state index < -0.39 is 0 Å². The van der Waals surface area contributed by atoms with E-state index in [2.05, 4.69) is 5.16 Å². The first kappa shape index (κ1) is 16.0. The number of likely N-dealkylation sites (tertiary alicyclic amines) is 2. The molecule has 1 spiro atoms. The predicted octanol–water partition coefficient (Wildman–Crippen LogP) is 1.23. The van der Waals surface area contributed by atoms with Crippen LogP contribution in [0.1, 0.15) is 41.8 Å². The van der Waals surface area contributed by atoms with Gasteiger partial charge in [0.05, 0.1) is 12.8 Å². The van der Waals surface area contributed by atoms with Crippen LogP contribution >= 0.6 is 0 Å². The van der Waals surface area contributed by atoms with E-state index in [4.69, 9.17) is 9.26 Å². The molecule has 2 aliphatic heterocycles. The number of aromatic nitrogens is 1. The number of ether oxygens (including phenoxy) is 1. The largest absolute Gasteiger partial charge is 0.383 e. The monoisotopic (exact) mass is 321 g/mol. The topological polar surface area (TPSA) is 75.9 Å². The summed E-state index contributed by atoms with van der Waals surface area (Å²) in [6.07, 6.45) is 4.59. The molecule has 7 nitrogen and oxygen atoms in total. The van der Waals surface area contributed by atoms with Gasteiger partial charge in [0.15, 0.2) is 0 Å². The van der Waals surface area contributed by atoms with E-state index in [-0.39, 0.29) is 17.4 Å². The van der Waals surface area contributed by atoms with Crippen molar-refractivity contribution in [3.8, 4) is 0 Å². The Balaban J connectivity index is 1.66. The molecule has 0 aromatic carbocycles. The zero-order valence-electron chi connectivity index (χ0n) is 13.7. The van der Waals surface area contributed by atoms with Gasteiger partial charge in [-0.3, -0.25) is 9.59 Å². The normalized spacial score (nSPS) is 20.5. The number of nitrogens with zero attached hydrogens (tertiary/aromatic N) is 3. The number of rotatable bonds is 4. The van der Waals surface area contributed by atoms with Crippen molar-refractivity contribution in [3.63, 3.8) is 0 Å². The smallest absolute Gasteiger partial charge is 0.259 e. The Bertz CT molecular complexity index is 590. The third kappa shape index (κ3) is 2.85. The van der Waals surface area contributed by atoms with Crippen LogP contribution in [0.15, 0.2) is 10.7 Å². The van der Waals surface area contributed by atoms with E-state index in [1.807, 2.05) is 9.80 Å². The van der Waals surface area contributed by atoms with Crippen molar-refractivity contribution < 1.29 is 18.8 Å². The fraction of sp³-hybridized carbons (Fsp3) is 0.688. The van der Waals surface area contributed by atoms with Gasteiger partial charge in [0.25, 0.3) is 5.91 Å². The molecule has 7 heteroatoms. The van der Waals surface area contributed by atoms with Crippen molar-refractivity contribution in [2.75, 3.05) is 33.4 Å². The number of carbonyl (C=O) groups is 2. The number of aryl methyl sites for hydroxylation is 1. The average molecular weight is 321 g/mol. The van der Waals surface area contributed by atoms with Gasteiger partial charge < -0.3 is 19.1 Å². The second kappa shape index (κ2) is 6.31. The minimum Gasteiger partial charge on any atom is -0.383 e. The van der Waals surface area contributed by atoms with Crippen LogP contribution in [0.3, 0.4) is 0 Å². The number of hydrogen-bond donors (Lipinski definition) is 0. The second-order valence-corrected chi connectivity index (χ2v) is 6.35. The Morgan fingerprint density at radius 3 is 2.74 bits per heavy atom. The minimum absolute atomic E-state index is 0.0358. The zero-order chi connectivity index (χ0) is 16.4. The molecule has 2 saturated heterocycles. The maximum Gasteiger partial charge on any atom is 0.259 e. The van der Waals surface area contributed by atoms with Crippen molar-refractivity contribution in [1.82, 2.24) is 15.0 Å². The van der Waals surface area contributed by atoms with Crippen LogP contribution in [-0.4, -0.2) is 65.7 Å². The molecule has 0 atom stereocenters. The molecule has 2 aliphatic rings. The van der Waals surface area contributed by atoms with Crippen molar-refractivity contribution in [1.29, 1.82) is 0 Å². The van der Waals surface area contributed by atoms with Crippen LogP contribution < -0.4 is 0 Å². The van der Waals surface area contributed by atoms with Crippen LogP contribution in [-0.2, 0) is 9.53 Å². The van der Waals surface area contributed by atoms with Crippen LogP contribution in [0.4, 0.5) is 0 Å². The van der Waals surface area contributed by atoms with E-state index >= 15 is 0 Å². The third-order valence-corrected chi connectivity index (χ3v) is 5.16.